The Morgan fingerprint density at radius 2 is 1.43 bits per heavy atom. The largest absolute Gasteiger partial charge is 0.368 e. The summed E-state index contributed by atoms with van der Waals surface area (Å²) in [6.45, 7) is 1.40. The second kappa shape index (κ2) is 7.91. The van der Waals surface area contributed by atoms with Crippen molar-refractivity contribution < 1.29 is 28.4 Å². The lowest BCUT2D eigenvalue weighted by atomic mass is 9.96. The Kier molecular flexibility index (Phi) is 5.15. The molecule has 3 heterocycles. The van der Waals surface area contributed by atoms with Gasteiger partial charge in [0.1, 0.15) is 24.4 Å². The third-order valence-corrected chi connectivity index (χ3v) is 5.57. The second-order valence-corrected chi connectivity index (χ2v) is 7.28. The van der Waals surface area contributed by atoms with E-state index in [1.54, 1.807) is 7.11 Å². The van der Waals surface area contributed by atoms with E-state index in [2.05, 4.69) is 12.1 Å². The van der Waals surface area contributed by atoms with Crippen LogP contribution in [-0.2, 0) is 41.6 Å². The molecule has 6 atom stereocenters. The zero-order valence-electron chi connectivity index (χ0n) is 15.7. The summed E-state index contributed by atoms with van der Waals surface area (Å²) >= 11 is 0. The fourth-order valence-electron chi connectivity index (χ4n) is 4.09. The second-order valence-electron chi connectivity index (χ2n) is 7.28. The van der Waals surface area contributed by atoms with Crippen LogP contribution in [-0.4, -0.2) is 44.4 Å². The van der Waals surface area contributed by atoms with Gasteiger partial charge in [-0.3, -0.25) is 0 Å². The van der Waals surface area contributed by atoms with Gasteiger partial charge in [-0.2, -0.15) is 0 Å². The maximum absolute atomic E-state index is 6.33. The van der Waals surface area contributed by atoms with Crippen LogP contribution in [0.1, 0.15) is 23.0 Å². The van der Waals surface area contributed by atoms with Crippen LogP contribution in [0.4, 0.5) is 0 Å². The SMILES string of the molecule is CO[C@@H]1O[C@@H]2COC(c3ccccc3)O[C@H]2[C@@H]2OCc3ccccc3CO[C@@H]12. The predicted octanol–water partition coefficient (Wildman–Crippen LogP) is 2.96. The molecule has 0 amide bonds. The van der Waals surface area contributed by atoms with Gasteiger partial charge in [-0.1, -0.05) is 54.6 Å². The zero-order chi connectivity index (χ0) is 18.9. The number of methoxy groups -OCH3 is 1. The molecule has 6 nitrogen and oxygen atoms in total. The van der Waals surface area contributed by atoms with Crippen molar-refractivity contribution in [1.82, 2.24) is 0 Å². The van der Waals surface area contributed by atoms with Gasteiger partial charge in [0.25, 0.3) is 0 Å². The monoisotopic (exact) mass is 384 g/mol. The minimum atomic E-state index is -0.531. The summed E-state index contributed by atoms with van der Waals surface area (Å²) < 4.78 is 36.4. The molecular formula is C22H24O6. The van der Waals surface area contributed by atoms with Crippen LogP contribution in [0.2, 0.25) is 0 Å². The number of ether oxygens (including phenoxy) is 6. The fourth-order valence-corrected chi connectivity index (χ4v) is 4.09. The molecule has 2 saturated heterocycles. The molecule has 0 spiro atoms. The normalized spacial score (nSPS) is 35.0. The van der Waals surface area contributed by atoms with Crippen LogP contribution in [0.15, 0.2) is 54.6 Å². The molecule has 0 saturated carbocycles. The van der Waals surface area contributed by atoms with E-state index in [1.165, 1.54) is 0 Å². The highest BCUT2D eigenvalue weighted by Gasteiger charge is 2.52. The summed E-state index contributed by atoms with van der Waals surface area (Å²) in [6, 6.07) is 18.1. The maximum atomic E-state index is 6.33. The Hall–Kier alpha value is -1.80. The number of hydrogen-bond donors (Lipinski definition) is 0. The Morgan fingerprint density at radius 1 is 0.750 bits per heavy atom. The summed E-state index contributed by atoms with van der Waals surface area (Å²) in [7, 11) is 1.62. The van der Waals surface area contributed by atoms with E-state index in [0.717, 1.165) is 16.7 Å². The van der Waals surface area contributed by atoms with Gasteiger partial charge in [-0.25, -0.2) is 0 Å². The average Bonchev–Trinajstić information content (AvgIpc) is 2.74. The molecule has 148 valence electrons. The van der Waals surface area contributed by atoms with Crippen molar-refractivity contribution >= 4 is 0 Å². The van der Waals surface area contributed by atoms with Crippen molar-refractivity contribution in [3.63, 3.8) is 0 Å². The van der Waals surface area contributed by atoms with E-state index in [-0.39, 0.29) is 24.4 Å². The third-order valence-electron chi connectivity index (χ3n) is 5.57. The minimum absolute atomic E-state index is 0.274. The fraction of sp³-hybridized carbons (Fsp3) is 0.455. The summed E-state index contributed by atoms with van der Waals surface area (Å²) in [5, 5.41) is 0. The average molecular weight is 384 g/mol. The number of fused-ring (bicyclic) bond motifs is 4. The molecule has 2 aromatic rings. The topological polar surface area (TPSA) is 55.4 Å². The Balaban J connectivity index is 1.42. The molecule has 3 aliphatic rings. The number of hydrogen-bond acceptors (Lipinski definition) is 6. The van der Waals surface area contributed by atoms with Crippen LogP contribution >= 0.6 is 0 Å². The molecule has 6 heteroatoms. The van der Waals surface area contributed by atoms with Gasteiger partial charge in [-0.15, -0.1) is 0 Å². The molecule has 28 heavy (non-hydrogen) atoms. The molecule has 0 radical (unpaired) electrons. The first-order chi connectivity index (χ1) is 13.8. The summed E-state index contributed by atoms with van der Waals surface area (Å²) in [4.78, 5) is 0. The first kappa shape index (κ1) is 18.2. The lowest BCUT2D eigenvalue weighted by molar-refractivity contribution is -0.370. The van der Waals surface area contributed by atoms with Crippen LogP contribution in [0.25, 0.3) is 0 Å². The Labute approximate surface area is 164 Å². The van der Waals surface area contributed by atoms with Crippen molar-refractivity contribution in [2.24, 2.45) is 0 Å². The van der Waals surface area contributed by atoms with Crippen LogP contribution in [0, 0.1) is 0 Å². The zero-order valence-corrected chi connectivity index (χ0v) is 15.7. The molecule has 0 N–H and O–H groups in total. The standard InChI is InChI=1S/C22H24O6/c1-23-22-20-19(24-11-15-9-5-6-10-16(15)12-25-20)18-17(27-22)13-26-21(28-18)14-7-3-2-4-8-14/h2-10,17-22H,11-13H2,1H3/t17-,18-,19+,20-,21?,22-/m1/s1. The van der Waals surface area contributed by atoms with Crippen LogP contribution in [0.5, 0.6) is 0 Å². The Morgan fingerprint density at radius 3 is 2.14 bits per heavy atom. The van der Waals surface area contributed by atoms with Gasteiger partial charge in [0, 0.05) is 12.7 Å². The quantitative estimate of drug-likeness (QED) is 0.794. The summed E-state index contributed by atoms with van der Waals surface area (Å²) in [5.74, 6) is 0. The first-order valence-corrected chi connectivity index (χ1v) is 9.64. The van der Waals surface area contributed by atoms with Gasteiger partial charge in [0.15, 0.2) is 12.6 Å². The molecule has 1 unspecified atom stereocenters. The highest BCUT2D eigenvalue weighted by molar-refractivity contribution is 5.26. The van der Waals surface area contributed by atoms with E-state index in [4.69, 9.17) is 28.4 Å². The first-order valence-electron chi connectivity index (χ1n) is 9.64. The van der Waals surface area contributed by atoms with E-state index in [0.29, 0.717) is 19.8 Å². The van der Waals surface area contributed by atoms with Gasteiger partial charge in [0.2, 0.25) is 0 Å². The molecule has 2 fully saturated rings. The van der Waals surface area contributed by atoms with Crippen LogP contribution in [0.3, 0.4) is 0 Å². The number of rotatable bonds is 2. The maximum Gasteiger partial charge on any atom is 0.186 e. The molecular weight excluding hydrogens is 360 g/mol. The van der Waals surface area contributed by atoms with Gasteiger partial charge in [-0.05, 0) is 11.1 Å². The van der Waals surface area contributed by atoms with Crippen LogP contribution < -0.4 is 0 Å². The molecule has 5 rings (SSSR count). The van der Waals surface area contributed by atoms with Crippen molar-refractivity contribution in [3.8, 4) is 0 Å². The van der Waals surface area contributed by atoms with E-state index in [9.17, 15) is 0 Å². The molecule has 0 aliphatic carbocycles. The lowest BCUT2D eigenvalue weighted by Crippen LogP contribution is -2.63. The van der Waals surface area contributed by atoms with Gasteiger partial charge >= 0.3 is 0 Å². The van der Waals surface area contributed by atoms with E-state index >= 15 is 0 Å². The van der Waals surface area contributed by atoms with Gasteiger partial charge < -0.3 is 28.4 Å². The highest BCUT2D eigenvalue weighted by atomic mass is 16.8. The number of benzene rings is 2. The Bertz CT molecular complexity index is 797. The van der Waals surface area contributed by atoms with E-state index < -0.39 is 12.6 Å². The van der Waals surface area contributed by atoms with Crippen molar-refractivity contribution in [3.05, 3.63) is 71.3 Å². The third kappa shape index (κ3) is 3.37. The smallest absolute Gasteiger partial charge is 0.186 e. The molecule has 2 aromatic carbocycles. The van der Waals surface area contributed by atoms with Crippen molar-refractivity contribution in [2.75, 3.05) is 13.7 Å². The summed E-state index contributed by atoms with van der Waals surface area (Å²) in [5.41, 5.74) is 3.22. The molecule has 3 aliphatic heterocycles. The van der Waals surface area contributed by atoms with Gasteiger partial charge in [0.05, 0.1) is 19.8 Å². The molecule has 0 bridgehead atoms. The highest BCUT2D eigenvalue weighted by Crippen LogP contribution is 2.37. The van der Waals surface area contributed by atoms with Crippen molar-refractivity contribution in [1.29, 1.82) is 0 Å². The summed E-state index contributed by atoms with van der Waals surface area (Å²) in [6.07, 6.45) is -2.25. The minimum Gasteiger partial charge on any atom is -0.368 e. The lowest BCUT2D eigenvalue weighted by Gasteiger charge is -2.49. The van der Waals surface area contributed by atoms with E-state index in [1.807, 2.05) is 42.5 Å². The van der Waals surface area contributed by atoms with Crippen molar-refractivity contribution in [2.45, 2.75) is 50.2 Å². The predicted molar refractivity (Wildman–Crippen MR) is 99.3 cm³/mol. The molecule has 0 aromatic heterocycles.